The zero-order valence-corrected chi connectivity index (χ0v) is 11.7. The summed E-state index contributed by atoms with van der Waals surface area (Å²) in [5.41, 5.74) is -0.638. The molecule has 5 nitrogen and oxygen atoms in total. The lowest BCUT2D eigenvalue weighted by molar-refractivity contribution is -0.154. The summed E-state index contributed by atoms with van der Waals surface area (Å²) in [6, 6.07) is -0.414. The molecule has 1 unspecified atom stereocenters. The Morgan fingerprint density at radius 1 is 1.47 bits per heavy atom. The van der Waals surface area contributed by atoms with Crippen molar-refractivity contribution in [3.63, 3.8) is 0 Å². The summed E-state index contributed by atoms with van der Waals surface area (Å²) in [6.07, 6.45) is 5.26. The maximum atomic E-state index is 12.7. The molecule has 1 spiro atoms. The van der Waals surface area contributed by atoms with Crippen molar-refractivity contribution in [2.45, 2.75) is 50.7 Å². The minimum Gasteiger partial charge on any atom is -0.340 e. The van der Waals surface area contributed by atoms with Crippen molar-refractivity contribution < 1.29 is 9.59 Å². The second kappa shape index (κ2) is 4.59. The number of carbonyl (C=O) groups is 2. The van der Waals surface area contributed by atoms with Gasteiger partial charge < -0.3 is 10.2 Å². The highest BCUT2D eigenvalue weighted by atomic mass is 32.1. The van der Waals surface area contributed by atoms with E-state index in [0.717, 1.165) is 30.7 Å². The molecule has 1 aromatic rings. The predicted octanol–water partition coefficient (Wildman–Crippen LogP) is 1.30. The van der Waals surface area contributed by atoms with E-state index in [0.29, 0.717) is 6.54 Å². The lowest BCUT2D eigenvalue weighted by atomic mass is 9.91. The quantitative estimate of drug-likeness (QED) is 0.887. The molecule has 1 aromatic heterocycles. The summed E-state index contributed by atoms with van der Waals surface area (Å²) in [5, 5.41) is 5.72. The molecule has 2 amide bonds. The molecule has 0 aromatic carbocycles. The number of thiazole rings is 1. The topological polar surface area (TPSA) is 62.3 Å². The molecule has 2 heterocycles. The van der Waals surface area contributed by atoms with Gasteiger partial charge in [-0.05, 0) is 19.8 Å². The van der Waals surface area contributed by atoms with Gasteiger partial charge in [-0.1, -0.05) is 12.8 Å². The van der Waals surface area contributed by atoms with Crippen LogP contribution in [-0.2, 0) is 16.1 Å². The average molecular weight is 279 g/mol. The highest BCUT2D eigenvalue weighted by molar-refractivity contribution is 7.09. The Bertz CT molecular complexity index is 494. The predicted molar refractivity (Wildman–Crippen MR) is 71.5 cm³/mol. The summed E-state index contributed by atoms with van der Waals surface area (Å²) in [7, 11) is 0. The Labute approximate surface area is 116 Å². The normalized spacial score (nSPS) is 25.9. The van der Waals surface area contributed by atoms with Crippen molar-refractivity contribution in [3.8, 4) is 0 Å². The van der Waals surface area contributed by atoms with Crippen LogP contribution in [0.1, 0.15) is 37.6 Å². The maximum Gasteiger partial charge on any atom is 0.249 e. The van der Waals surface area contributed by atoms with E-state index in [-0.39, 0.29) is 11.8 Å². The molecule has 2 fully saturated rings. The first kappa shape index (κ1) is 12.6. The fourth-order valence-electron chi connectivity index (χ4n) is 2.99. The van der Waals surface area contributed by atoms with Gasteiger partial charge in [0.25, 0.3) is 0 Å². The third kappa shape index (κ3) is 2.04. The third-order valence-corrected chi connectivity index (χ3v) is 4.89. The highest BCUT2D eigenvalue weighted by Gasteiger charge is 2.50. The van der Waals surface area contributed by atoms with Crippen LogP contribution in [0, 0.1) is 0 Å². The van der Waals surface area contributed by atoms with Gasteiger partial charge in [0.1, 0.15) is 16.6 Å². The van der Waals surface area contributed by atoms with E-state index in [9.17, 15) is 9.59 Å². The van der Waals surface area contributed by atoms with E-state index in [4.69, 9.17) is 0 Å². The number of hydrogen-bond acceptors (Lipinski definition) is 4. The number of carbonyl (C=O) groups excluding carboxylic acids is 2. The van der Waals surface area contributed by atoms with Crippen LogP contribution < -0.4 is 5.32 Å². The van der Waals surface area contributed by atoms with Gasteiger partial charge in [0.05, 0.1) is 6.54 Å². The first-order valence-corrected chi connectivity index (χ1v) is 7.52. The third-order valence-electron chi connectivity index (χ3n) is 4.13. The van der Waals surface area contributed by atoms with Crippen LogP contribution in [0.2, 0.25) is 0 Å². The average Bonchev–Trinajstić information content (AvgIpc) is 3.04. The molecule has 2 aliphatic rings. The molecule has 19 heavy (non-hydrogen) atoms. The Morgan fingerprint density at radius 2 is 2.21 bits per heavy atom. The molecule has 1 saturated heterocycles. The van der Waals surface area contributed by atoms with Gasteiger partial charge in [0, 0.05) is 11.6 Å². The number of hydrogen-bond donors (Lipinski definition) is 1. The molecule has 1 saturated carbocycles. The number of aromatic nitrogens is 1. The smallest absolute Gasteiger partial charge is 0.249 e. The van der Waals surface area contributed by atoms with Gasteiger partial charge in [-0.25, -0.2) is 4.98 Å². The fraction of sp³-hybridized carbons (Fsp3) is 0.615. The van der Waals surface area contributed by atoms with Gasteiger partial charge in [-0.3, -0.25) is 9.59 Å². The molecular weight excluding hydrogens is 262 g/mol. The van der Waals surface area contributed by atoms with Crippen LogP contribution in [-0.4, -0.2) is 33.3 Å². The van der Waals surface area contributed by atoms with E-state index in [1.165, 1.54) is 11.3 Å². The number of piperazine rings is 1. The van der Waals surface area contributed by atoms with E-state index in [1.807, 2.05) is 5.38 Å². The Kier molecular flexibility index (Phi) is 3.05. The molecule has 3 rings (SSSR count). The van der Waals surface area contributed by atoms with Crippen LogP contribution in [0.5, 0.6) is 0 Å². The van der Waals surface area contributed by atoms with Crippen molar-refractivity contribution in [1.82, 2.24) is 15.2 Å². The van der Waals surface area contributed by atoms with Crippen LogP contribution >= 0.6 is 11.3 Å². The van der Waals surface area contributed by atoms with E-state index >= 15 is 0 Å². The summed E-state index contributed by atoms with van der Waals surface area (Å²) in [5.74, 6) is 0.0188. The molecular formula is C13H17N3O2S. The minimum atomic E-state index is -0.638. The van der Waals surface area contributed by atoms with Crippen molar-refractivity contribution in [1.29, 1.82) is 0 Å². The van der Waals surface area contributed by atoms with Gasteiger partial charge in [-0.2, -0.15) is 0 Å². The lowest BCUT2D eigenvalue weighted by Gasteiger charge is -2.43. The lowest BCUT2D eigenvalue weighted by Crippen LogP contribution is -2.68. The van der Waals surface area contributed by atoms with Crippen LogP contribution in [0.15, 0.2) is 11.6 Å². The summed E-state index contributed by atoms with van der Waals surface area (Å²) in [4.78, 5) is 30.7. The fourth-order valence-corrected chi connectivity index (χ4v) is 3.60. The monoisotopic (exact) mass is 279 g/mol. The van der Waals surface area contributed by atoms with E-state index in [1.54, 1.807) is 18.0 Å². The molecule has 6 heteroatoms. The number of nitrogens with one attached hydrogen (secondary N) is 1. The molecule has 1 atom stereocenters. The van der Waals surface area contributed by atoms with Gasteiger partial charge in [-0.15, -0.1) is 11.3 Å². The maximum absolute atomic E-state index is 12.7. The van der Waals surface area contributed by atoms with Crippen molar-refractivity contribution in [2.24, 2.45) is 0 Å². The SMILES string of the molecule is CC1C(=O)NC2(CCCC2)C(=O)N1Cc1nccs1. The van der Waals surface area contributed by atoms with Gasteiger partial charge in [0.2, 0.25) is 11.8 Å². The second-order valence-electron chi connectivity index (χ2n) is 5.31. The number of amides is 2. The Balaban J connectivity index is 1.87. The largest absolute Gasteiger partial charge is 0.340 e. The zero-order chi connectivity index (χ0) is 13.5. The molecule has 0 bridgehead atoms. The molecule has 0 radical (unpaired) electrons. The Hall–Kier alpha value is -1.43. The summed E-state index contributed by atoms with van der Waals surface area (Å²) in [6.45, 7) is 2.22. The summed E-state index contributed by atoms with van der Waals surface area (Å²) < 4.78 is 0. The second-order valence-corrected chi connectivity index (χ2v) is 6.29. The first-order valence-electron chi connectivity index (χ1n) is 6.64. The first-order chi connectivity index (χ1) is 9.12. The van der Waals surface area contributed by atoms with Crippen LogP contribution in [0.4, 0.5) is 0 Å². The molecule has 1 N–H and O–H groups in total. The standard InChI is InChI=1S/C13H17N3O2S/c1-9-11(17)15-13(4-2-3-5-13)12(18)16(9)8-10-14-6-7-19-10/h6-7,9H,2-5,8H2,1H3,(H,15,17). The van der Waals surface area contributed by atoms with E-state index in [2.05, 4.69) is 10.3 Å². The van der Waals surface area contributed by atoms with Crippen LogP contribution in [0.3, 0.4) is 0 Å². The molecule has 1 aliphatic heterocycles. The zero-order valence-electron chi connectivity index (χ0n) is 10.9. The molecule has 102 valence electrons. The molecule has 1 aliphatic carbocycles. The minimum absolute atomic E-state index is 0.0435. The van der Waals surface area contributed by atoms with Crippen LogP contribution in [0.25, 0.3) is 0 Å². The van der Waals surface area contributed by atoms with Gasteiger partial charge >= 0.3 is 0 Å². The number of rotatable bonds is 2. The van der Waals surface area contributed by atoms with E-state index < -0.39 is 11.6 Å². The van der Waals surface area contributed by atoms with Crippen molar-refractivity contribution >= 4 is 23.2 Å². The van der Waals surface area contributed by atoms with Gasteiger partial charge in [0.15, 0.2) is 0 Å². The van der Waals surface area contributed by atoms with Crippen molar-refractivity contribution in [2.75, 3.05) is 0 Å². The number of nitrogens with zero attached hydrogens (tertiary/aromatic N) is 2. The Morgan fingerprint density at radius 3 is 2.84 bits per heavy atom. The van der Waals surface area contributed by atoms with Crippen molar-refractivity contribution in [3.05, 3.63) is 16.6 Å². The highest BCUT2D eigenvalue weighted by Crippen LogP contribution is 2.35. The summed E-state index contributed by atoms with van der Waals surface area (Å²) >= 11 is 1.52.